The van der Waals surface area contributed by atoms with Gasteiger partial charge in [0.1, 0.15) is 5.69 Å². The van der Waals surface area contributed by atoms with Crippen molar-refractivity contribution in [3.63, 3.8) is 0 Å². The molecule has 0 unspecified atom stereocenters. The van der Waals surface area contributed by atoms with E-state index in [2.05, 4.69) is 15.3 Å². The first-order valence-electron chi connectivity index (χ1n) is 8.65. The summed E-state index contributed by atoms with van der Waals surface area (Å²) >= 11 is 0. The zero-order valence-corrected chi connectivity index (χ0v) is 15.3. The summed E-state index contributed by atoms with van der Waals surface area (Å²) in [6.45, 7) is 8.46. The van der Waals surface area contributed by atoms with Gasteiger partial charge in [0.25, 0.3) is 5.91 Å². The fourth-order valence-corrected chi connectivity index (χ4v) is 2.85. The van der Waals surface area contributed by atoms with Crippen LogP contribution in [0.4, 0.5) is 11.6 Å². The van der Waals surface area contributed by atoms with Crippen molar-refractivity contribution in [1.29, 1.82) is 0 Å². The van der Waals surface area contributed by atoms with Crippen molar-refractivity contribution in [3.05, 3.63) is 46.8 Å². The third kappa shape index (κ3) is 3.99. The normalized spacial score (nSPS) is 14.3. The molecule has 0 bridgehead atoms. The molecule has 1 saturated heterocycles. The smallest absolute Gasteiger partial charge is 0.274 e. The number of benzene rings is 1. The maximum Gasteiger partial charge on any atom is 0.274 e. The van der Waals surface area contributed by atoms with E-state index < -0.39 is 0 Å². The van der Waals surface area contributed by atoms with E-state index in [-0.39, 0.29) is 5.91 Å². The average Bonchev–Trinajstić information content (AvgIpc) is 2.64. The molecule has 0 radical (unpaired) electrons. The predicted molar refractivity (Wildman–Crippen MR) is 100 cm³/mol. The highest BCUT2D eigenvalue weighted by atomic mass is 16.2. The number of nitrogens with zero attached hydrogens (tertiary/aromatic N) is 4. The van der Waals surface area contributed by atoms with E-state index in [1.165, 1.54) is 5.56 Å². The van der Waals surface area contributed by atoms with Crippen LogP contribution < -0.4 is 10.2 Å². The molecular formula is C19H23N5O2. The fourth-order valence-electron chi connectivity index (χ4n) is 2.85. The molecule has 1 aliphatic heterocycles. The Morgan fingerprint density at radius 1 is 1.04 bits per heavy atom. The van der Waals surface area contributed by atoms with Crippen LogP contribution in [0, 0.1) is 20.8 Å². The summed E-state index contributed by atoms with van der Waals surface area (Å²) in [5.74, 6) is 0.271. The van der Waals surface area contributed by atoms with Crippen molar-refractivity contribution in [2.45, 2.75) is 20.8 Å². The Morgan fingerprint density at radius 2 is 1.77 bits per heavy atom. The Labute approximate surface area is 153 Å². The number of aromatic nitrogens is 2. The standard InChI is InChI=1S/C19H23N5O2/c1-13-4-5-16(10-14(13)2)21-18(26)17-11-15(3)20-19(22-17)24-8-6-23(12-25)7-9-24/h4-5,10-12H,6-9H2,1-3H3,(H,21,26). The van der Waals surface area contributed by atoms with Gasteiger partial charge in [-0.05, 0) is 50.1 Å². The molecule has 1 N–H and O–H groups in total. The van der Waals surface area contributed by atoms with E-state index in [4.69, 9.17) is 0 Å². The van der Waals surface area contributed by atoms with Crippen LogP contribution >= 0.6 is 0 Å². The zero-order chi connectivity index (χ0) is 18.7. The number of piperazine rings is 1. The molecule has 7 nitrogen and oxygen atoms in total. The Bertz CT molecular complexity index is 829. The number of hydrogen-bond donors (Lipinski definition) is 1. The van der Waals surface area contributed by atoms with Gasteiger partial charge in [-0.1, -0.05) is 6.07 Å². The molecule has 1 aromatic heterocycles. The summed E-state index contributed by atoms with van der Waals surface area (Å²) < 4.78 is 0. The minimum atomic E-state index is -0.258. The molecular weight excluding hydrogens is 330 g/mol. The molecule has 0 saturated carbocycles. The Morgan fingerprint density at radius 3 is 2.42 bits per heavy atom. The molecule has 1 aliphatic rings. The summed E-state index contributed by atoms with van der Waals surface area (Å²) in [5.41, 5.74) is 4.12. The van der Waals surface area contributed by atoms with Crippen molar-refractivity contribution in [3.8, 4) is 0 Å². The number of carbonyl (C=O) groups excluding carboxylic acids is 2. The van der Waals surface area contributed by atoms with E-state index in [1.54, 1.807) is 11.0 Å². The van der Waals surface area contributed by atoms with Crippen molar-refractivity contribution < 1.29 is 9.59 Å². The van der Waals surface area contributed by atoms with Gasteiger partial charge in [-0.2, -0.15) is 0 Å². The highest BCUT2D eigenvalue weighted by Gasteiger charge is 2.20. The number of nitrogens with one attached hydrogen (secondary N) is 1. The van der Waals surface area contributed by atoms with Crippen molar-refractivity contribution in [1.82, 2.24) is 14.9 Å². The fraction of sp³-hybridized carbons (Fsp3) is 0.368. The van der Waals surface area contributed by atoms with E-state index in [1.807, 2.05) is 43.9 Å². The van der Waals surface area contributed by atoms with Crippen LogP contribution in [-0.4, -0.2) is 53.4 Å². The van der Waals surface area contributed by atoms with Gasteiger partial charge >= 0.3 is 0 Å². The topological polar surface area (TPSA) is 78.4 Å². The minimum absolute atomic E-state index is 0.258. The first-order chi connectivity index (χ1) is 12.5. The number of aryl methyl sites for hydroxylation is 3. The first-order valence-corrected chi connectivity index (χ1v) is 8.65. The number of hydrogen-bond acceptors (Lipinski definition) is 5. The number of rotatable bonds is 4. The van der Waals surface area contributed by atoms with E-state index in [9.17, 15) is 9.59 Å². The maximum absolute atomic E-state index is 12.6. The van der Waals surface area contributed by atoms with E-state index >= 15 is 0 Å². The van der Waals surface area contributed by atoms with Gasteiger partial charge in [-0.3, -0.25) is 9.59 Å². The second kappa shape index (κ2) is 7.51. The molecule has 136 valence electrons. The molecule has 1 fully saturated rings. The Balaban J connectivity index is 1.77. The number of amides is 2. The third-order valence-electron chi connectivity index (χ3n) is 4.59. The highest BCUT2D eigenvalue weighted by Crippen LogP contribution is 2.17. The third-order valence-corrected chi connectivity index (χ3v) is 4.59. The summed E-state index contributed by atoms with van der Waals surface area (Å²) in [6.07, 6.45) is 0.858. The Kier molecular flexibility index (Phi) is 5.16. The quantitative estimate of drug-likeness (QED) is 0.850. The van der Waals surface area contributed by atoms with Crippen LogP contribution in [0.5, 0.6) is 0 Å². The molecule has 3 rings (SSSR count). The maximum atomic E-state index is 12.6. The summed E-state index contributed by atoms with van der Waals surface area (Å²) in [6, 6.07) is 7.49. The van der Waals surface area contributed by atoms with E-state index in [0.717, 1.165) is 23.4 Å². The largest absolute Gasteiger partial charge is 0.342 e. The molecule has 0 atom stereocenters. The molecule has 2 heterocycles. The lowest BCUT2D eigenvalue weighted by molar-refractivity contribution is -0.118. The second-order valence-corrected chi connectivity index (χ2v) is 6.58. The van der Waals surface area contributed by atoms with Crippen LogP contribution in [0.2, 0.25) is 0 Å². The predicted octanol–water partition coefficient (Wildman–Crippen LogP) is 1.93. The average molecular weight is 353 g/mol. The van der Waals surface area contributed by atoms with Crippen LogP contribution in [-0.2, 0) is 4.79 Å². The molecule has 2 amide bonds. The number of anilines is 2. The summed E-state index contributed by atoms with van der Waals surface area (Å²) in [7, 11) is 0. The van der Waals surface area contributed by atoms with E-state index in [0.29, 0.717) is 37.8 Å². The molecule has 1 aromatic carbocycles. The SMILES string of the molecule is Cc1cc(C(=O)Nc2ccc(C)c(C)c2)nc(N2CCN(C=O)CC2)n1. The van der Waals surface area contributed by atoms with Gasteiger partial charge in [0, 0.05) is 37.6 Å². The molecule has 7 heteroatoms. The van der Waals surface area contributed by atoms with Gasteiger partial charge in [0.15, 0.2) is 0 Å². The zero-order valence-electron chi connectivity index (χ0n) is 15.3. The van der Waals surface area contributed by atoms with Gasteiger partial charge < -0.3 is 15.1 Å². The Hall–Kier alpha value is -2.96. The lowest BCUT2D eigenvalue weighted by Crippen LogP contribution is -2.46. The van der Waals surface area contributed by atoms with Gasteiger partial charge in [0.05, 0.1) is 0 Å². The van der Waals surface area contributed by atoms with Gasteiger partial charge in [-0.25, -0.2) is 9.97 Å². The highest BCUT2D eigenvalue weighted by molar-refractivity contribution is 6.03. The lowest BCUT2D eigenvalue weighted by Gasteiger charge is -2.32. The van der Waals surface area contributed by atoms with Crippen LogP contribution in [0.25, 0.3) is 0 Å². The first kappa shape index (κ1) is 17.8. The van der Waals surface area contributed by atoms with Crippen molar-refractivity contribution >= 4 is 24.0 Å². The molecule has 26 heavy (non-hydrogen) atoms. The lowest BCUT2D eigenvalue weighted by atomic mass is 10.1. The number of carbonyl (C=O) groups is 2. The van der Waals surface area contributed by atoms with Crippen LogP contribution in [0.1, 0.15) is 27.3 Å². The monoisotopic (exact) mass is 353 g/mol. The van der Waals surface area contributed by atoms with Crippen LogP contribution in [0.15, 0.2) is 24.3 Å². The minimum Gasteiger partial charge on any atom is -0.342 e. The second-order valence-electron chi connectivity index (χ2n) is 6.58. The van der Waals surface area contributed by atoms with Crippen molar-refractivity contribution in [2.24, 2.45) is 0 Å². The molecule has 0 aliphatic carbocycles. The summed E-state index contributed by atoms with van der Waals surface area (Å²) in [4.78, 5) is 36.1. The van der Waals surface area contributed by atoms with Gasteiger partial charge in [0.2, 0.25) is 12.4 Å². The van der Waals surface area contributed by atoms with Crippen LogP contribution in [0.3, 0.4) is 0 Å². The van der Waals surface area contributed by atoms with Gasteiger partial charge in [-0.15, -0.1) is 0 Å². The molecule has 2 aromatic rings. The van der Waals surface area contributed by atoms with Crippen molar-refractivity contribution in [2.75, 3.05) is 36.4 Å². The summed E-state index contributed by atoms with van der Waals surface area (Å²) in [5, 5.41) is 2.90. The molecule has 0 spiro atoms.